The van der Waals surface area contributed by atoms with Crippen molar-refractivity contribution in [2.75, 3.05) is 37.7 Å². The zero-order chi connectivity index (χ0) is 19.9. The molecule has 28 heavy (non-hydrogen) atoms. The Hall–Kier alpha value is -2.69. The minimum atomic E-state index is -0.0420. The van der Waals surface area contributed by atoms with Gasteiger partial charge in [0.15, 0.2) is 0 Å². The smallest absolute Gasteiger partial charge is 0.317 e. The third-order valence-corrected chi connectivity index (χ3v) is 5.21. The zero-order valence-corrected chi connectivity index (χ0v) is 17.1. The Morgan fingerprint density at radius 2 is 1.75 bits per heavy atom. The molecule has 1 N–H and O–H groups in total. The third-order valence-electron chi connectivity index (χ3n) is 5.21. The third kappa shape index (κ3) is 5.18. The minimum absolute atomic E-state index is 0.00661. The molecule has 2 amide bonds. The Bertz CT molecular complexity index is 758. The summed E-state index contributed by atoms with van der Waals surface area (Å²) in [6.07, 6.45) is 0.971. The number of hydrogen-bond acceptors (Lipinski definition) is 3. The summed E-state index contributed by atoms with van der Waals surface area (Å²) < 4.78 is 5.48. The lowest BCUT2D eigenvalue weighted by molar-refractivity contribution is 0.198. The van der Waals surface area contributed by atoms with Crippen LogP contribution in [-0.4, -0.2) is 43.7 Å². The molecule has 0 saturated carbocycles. The van der Waals surface area contributed by atoms with Gasteiger partial charge in [-0.05, 0) is 57.0 Å². The number of ether oxygens (including phenoxy) is 1. The van der Waals surface area contributed by atoms with E-state index in [2.05, 4.69) is 41.4 Å². The largest absolute Gasteiger partial charge is 0.494 e. The second kappa shape index (κ2) is 9.49. The van der Waals surface area contributed by atoms with Crippen molar-refractivity contribution in [1.29, 1.82) is 0 Å². The number of amides is 2. The molecule has 3 rings (SSSR count). The highest BCUT2D eigenvalue weighted by molar-refractivity contribution is 5.75. The van der Waals surface area contributed by atoms with Gasteiger partial charge in [-0.3, -0.25) is 0 Å². The average Bonchev–Trinajstić information content (AvgIpc) is 2.96. The molecule has 1 saturated heterocycles. The topological polar surface area (TPSA) is 44.8 Å². The van der Waals surface area contributed by atoms with Crippen molar-refractivity contribution >= 4 is 11.7 Å². The second-order valence-corrected chi connectivity index (χ2v) is 7.34. The molecule has 1 atom stereocenters. The molecule has 2 aromatic rings. The molecule has 1 heterocycles. The van der Waals surface area contributed by atoms with Crippen molar-refractivity contribution in [2.45, 2.75) is 33.2 Å². The first-order valence-corrected chi connectivity index (χ1v) is 10.2. The highest BCUT2D eigenvalue weighted by atomic mass is 16.5. The molecule has 1 fully saturated rings. The molecule has 1 aliphatic heterocycles. The van der Waals surface area contributed by atoms with Crippen LogP contribution in [0.1, 0.15) is 37.4 Å². The van der Waals surface area contributed by atoms with Crippen LogP contribution in [0.3, 0.4) is 0 Å². The van der Waals surface area contributed by atoms with Gasteiger partial charge in [-0.1, -0.05) is 29.8 Å². The van der Waals surface area contributed by atoms with Crippen LogP contribution in [0.25, 0.3) is 0 Å². The Balaban J connectivity index is 1.54. The van der Waals surface area contributed by atoms with E-state index in [0.29, 0.717) is 6.61 Å². The highest BCUT2D eigenvalue weighted by Crippen LogP contribution is 2.19. The number of nitrogens with zero attached hydrogens (tertiary/aromatic N) is 2. The Morgan fingerprint density at radius 3 is 2.43 bits per heavy atom. The number of anilines is 1. The van der Waals surface area contributed by atoms with Gasteiger partial charge in [-0.25, -0.2) is 4.79 Å². The van der Waals surface area contributed by atoms with E-state index in [0.717, 1.165) is 43.9 Å². The summed E-state index contributed by atoms with van der Waals surface area (Å²) in [5, 5.41) is 3.13. The van der Waals surface area contributed by atoms with Crippen molar-refractivity contribution in [3.05, 3.63) is 59.7 Å². The lowest BCUT2D eigenvalue weighted by atomic mass is 10.1. The van der Waals surface area contributed by atoms with E-state index in [1.165, 1.54) is 11.3 Å². The van der Waals surface area contributed by atoms with Crippen LogP contribution in [0.2, 0.25) is 0 Å². The van der Waals surface area contributed by atoms with E-state index >= 15 is 0 Å². The number of hydrogen-bond donors (Lipinski definition) is 1. The second-order valence-electron chi connectivity index (χ2n) is 7.34. The van der Waals surface area contributed by atoms with Crippen LogP contribution in [0, 0.1) is 6.92 Å². The van der Waals surface area contributed by atoms with E-state index in [-0.39, 0.29) is 12.1 Å². The molecule has 1 aliphatic rings. The summed E-state index contributed by atoms with van der Waals surface area (Å²) >= 11 is 0. The van der Waals surface area contributed by atoms with E-state index in [1.807, 2.05) is 43.0 Å². The Morgan fingerprint density at radius 1 is 1.04 bits per heavy atom. The first-order chi connectivity index (χ1) is 13.6. The van der Waals surface area contributed by atoms with Gasteiger partial charge < -0.3 is 19.9 Å². The van der Waals surface area contributed by atoms with E-state index in [1.54, 1.807) is 0 Å². The summed E-state index contributed by atoms with van der Waals surface area (Å²) in [4.78, 5) is 17.1. The number of aryl methyl sites for hydroxylation is 1. The fraction of sp³-hybridized carbons (Fsp3) is 0.435. The van der Waals surface area contributed by atoms with Crippen LogP contribution in [-0.2, 0) is 0 Å². The maximum atomic E-state index is 12.8. The van der Waals surface area contributed by atoms with Crippen LogP contribution in [0.5, 0.6) is 5.75 Å². The van der Waals surface area contributed by atoms with Crippen LogP contribution >= 0.6 is 0 Å². The molecular weight excluding hydrogens is 350 g/mol. The maximum absolute atomic E-state index is 12.8. The molecule has 5 heteroatoms. The van der Waals surface area contributed by atoms with E-state index in [4.69, 9.17) is 4.74 Å². The Kier molecular flexibility index (Phi) is 6.80. The van der Waals surface area contributed by atoms with E-state index < -0.39 is 0 Å². The quantitative estimate of drug-likeness (QED) is 0.836. The monoisotopic (exact) mass is 381 g/mol. The normalized spacial score (nSPS) is 15.7. The van der Waals surface area contributed by atoms with Crippen LogP contribution in [0.4, 0.5) is 10.5 Å². The zero-order valence-electron chi connectivity index (χ0n) is 17.1. The standard InChI is InChI=1S/C23H31N3O2/c1-4-28-22-12-8-20(9-13-22)19(3)24-23(27)26-15-5-14-25(16-17-26)21-10-6-18(2)7-11-21/h6-13,19H,4-5,14-17H2,1-3H3,(H,24,27). The average molecular weight is 382 g/mol. The number of rotatable bonds is 5. The molecule has 0 radical (unpaired) electrons. The summed E-state index contributed by atoms with van der Waals surface area (Å²) in [6, 6.07) is 16.5. The predicted molar refractivity (Wildman–Crippen MR) is 114 cm³/mol. The molecular formula is C23H31N3O2. The summed E-state index contributed by atoms with van der Waals surface area (Å²) in [6.45, 7) is 10.1. The summed E-state index contributed by atoms with van der Waals surface area (Å²) in [7, 11) is 0. The molecule has 2 aromatic carbocycles. The molecule has 5 nitrogen and oxygen atoms in total. The van der Waals surface area contributed by atoms with Crippen LogP contribution in [0.15, 0.2) is 48.5 Å². The predicted octanol–water partition coefficient (Wildman–Crippen LogP) is 4.38. The molecule has 0 aromatic heterocycles. The number of benzene rings is 2. The molecule has 0 bridgehead atoms. The van der Waals surface area contributed by atoms with Gasteiger partial charge in [-0.15, -0.1) is 0 Å². The van der Waals surface area contributed by atoms with Gasteiger partial charge in [0.05, 0.1) is 12.6 Å². The molecule has 1 unspecified atom stereocenters. The fourth-order valence-electron chi connectivity index (χ4n) is 3.51. The van der Waals surface area contributed by atoms with Gasteiger partial charge in [0.25, 0.3) is 0 Å². The number of carbonyl (C=O) groups excluding carboxylic acids is 1. The first-order valence-electron chi connectivity index (χ1n) is 10.2. The SMILES string of the molecule is CCOc1ccc(C(C)NC(=O)N2CCCN(c3ccc(C)cc3)CC2)cc1. The number of urea groups is 1. The van der Waals surface area contributed by atoms with Crippen molar-refractivity contribution in [2.24, 2.45) is 0 Å². The number of nitrogens with one attached hydrogen (secondary N) is 1. The van der Waals surface area contributed by atoms with Crippen molar-refractivity contribution in [1.82, 2.24) is 10.2 Å². The minimum Gasteiger partial charge on any atom is -0.494 e. The van der Waals surface area contributed by atoms with Crippen LogP contribution < -0.4 is 15.0 Å². The molecule has 0 aliphatic carbocycles. The van der Waals surface area contributed by atoms with Gasteiger partial charge in [0.1, 0.15) is 5.75 Å². The highest BCUT2D eigenvalue weighted by Gasteiger charge is 2.21. The van der Waals surface area contributed by atoms with Crippen molar-refractivity contribution in [3.63, 3.8) is 0 Å². The fourth-order valence-corrected chi connectivity index (χ4v) is 3.51. The van der Waals surface area contributed by atoms with Gasteiger partial charge in [0.2, 0.25) is 0 Å². The van der Waals surface area contributed by atoms with Gasteiger partial charge >= 0.3 is 6.03 Å². The van der Waals surface area contributed by atoms with E-state index in [9.17, 15) is 4.79 Å². The number of carbonyl (C=O) groups is 1. The molecule has 150 valence electrons. The maximum Gasteiger partial charge on any atom is 0.317 e. The van der Waals surface area contributed by atoms with Crippen molar-refractivity contribution < 1.29 is 9.53 Å². The van der Waals surface area contributed by atoms with Crippen molar-refractivity contribution in [3.8, 4) is 5.75 Å². The Labute approximate surface area is 168 Å². The summed E-state index contributed by atoms with van der Waals surface area (Å²) in [5.74, 6) is 0.855. The first kappa shape index (κ1) is 20.1. The van der Waals surface area contributed by atoms with Gasteiger partial charge in [0, 0.05) is 31.9 Å². The molecule has 0 spiro atoms. The van der Waals surface area contributed by atoms with Gasteiger partial charge in [-0.2, -0.15) is 0 Å². The lowest BCUT2D eigenvalue weighted by Gasteiger charge is -2.25. The lowest BCUT2D eigenvalue weighted by Crippen LogP contribution is -2.43. The summed E-state index contributed by atoms with van der Waals surface area (Å²) in [5.41, 5.74) is 3.58.